The molecule has 1 aromatic carbocycles. The Hall–Kier alpha value is -2.67. The van der Waals surface area contributed by atoms with Gasteiger partial charge in [0, 0.05) is 18.8 Å². The maximum Gasteiger partial charge on any atom is 0.313 e. The molecule has 0 aliphatic rings. The van der Waals surface area contributed by atoms with Crippen molar-refractivity contribution >= 4 is 29.1 Å². The summed E-state index contributed by atoms with van der Waals surface area (Å²) in [6, 6.07) is 6.76. The van der Waals surface area contributed by atoms with Gasteiger partial charge in [-0.05, 0) is 29.8 Å². The molecule has 0 saturated heterocycles. The van der Waals surface area contributed by atoms with Gasteiger partial charge in [0.2, 0.25) is 5.88 Å². The molecule has 0 aliphatic heterocycles. The molecule has 2 rings (SSSR count). The summed E-state index contributed by atoms with van der Waals surface area (Å²) in [6.45, 7) is 0.113. The third-order valence-electron chi connectivity index (χ3n) is 2.84. The minimum atomic E-state index is -0.946. The average Bonchev–Trinajstić information content (AvgIpc) is 2.56. The van der Waals surface area contributed by atoms with Crippen LogP contribution in [0, 0.1) is 5.82 Å². The van der Waals surface area contributed by atoms with E-state index in [0.29, 0.717) is 11.4 Å². The van der Waals surface area contributed by atoms with Crippen LogP contribution in [0.4, 0.5) is 10.1 Å². The summed E-state index contributed by atoms with van der Waals surface area (Å²) in [5.41, 5.74) is 0.735. The van der Waals surface area contributed by atoms with Crippen molar-refractivity contribution in [2.75, 3.05) is 12.4 Å². The summed E-state index contributed by atoms with van der Waals surface area (Å²) in [7, 11) is 1.47. The Kier molecular flexibility index (Phi) is 5.48. The monoisotopic (exact) mass is 337 g/mol. The quantitative estimate of drug-likeness (QED) is 0.838. The molecule has 0 bridgehead atoms. The number of methoxy groups -OCH3 is 1. The molecule has 120 valence electrons. The van der Waals surface area contributed by atoms with E-state index in [9.17, 15) is 14.0 Å². The fraction of sp³-hybridized carbons (Fsp3) is 0.133. The smallest absolute Gasteiger partial charge is 0.313 e. The highest BCUT2D eigenvalue weighted by Crippen LogP contribution is 2.22. The van der Waals surface area contributed by atoms with Gasteiger partial charge < -0.3 is 15.4 Å². The first-order chi connectivity index (χ1) is 11.0. The highest BCUT2D eigenvalue weighted by molar-refractivity contribution is 6.41. The number of hydrogen-bond acceptors (Lipinski definition) is 4. The predicted octanol–water partition coefficient (Wildman–Crippen LogP) is 2.14. The predicted molar refractivity (Wildman–Crippen MR) is 82.7 cm³/mol. The molecule has 2 amide bonds. The normalized spacial score (nSPS) is 10.0. The molecular formula is C15H13ClFN3O3. The minimum Gasteiger partial charge on any atom is -0.481 e. The van der Waals surface area contributed by atoms with Crippen molar-refractivity contribution in [2.24, 2.45) is 0 Å². The Labute approximate surface area is 136 Å². The topological polar surface area (TPSA) is 80.3 Å². The van der Waals surface area contributed by atoms with Gasteiger partial charge >= 0.3 is 11.8 Å². The second-order valence-corrected chi connectivity index (χ2v) is 4.87. The molecule has 23 heavy (non-hydrogen) atoms. The zero-order valence-electron chi connectivity index (χ0n) is 12.1. The van der Waals surface area contributed by atoms with Crippen LogP contribution in [0.1, 0.15) is 5.56 Å². The number of ether oxygens (including phenoxy) is 1. The highest BCUT2D eigenvalue weighted by Gasteiger charge is 2.15. The van der Waals surface area contributed by atoms with Crippen molar-refractivity contribution < 1.29 is 18.7 Å². The fourth-order valence-corrected chi connectivity index (χ4v) is 1.87. The summed E-state index contributed by atoms with van der Waals surface area (Å²) < 4.78 is 18.1. The van der Waals surface area contributed by atoms with Crippen molar-refractivity contribution in [3.8, 4) is 5.88 Å². The van der Waals surface area contributed by atoms with Crippen LogP contribution in [0.25, 0.3) is 0 Å². The van der Waals surface area contributed by atoms with Crippen molar-refractivity contribution in [2.45, 2.75) is 6.54 Å². The van der Waals surface area contributed by atoms with Crippen molar-refractivity contribution in [3.05, 3.63) is 52.9 Å². The van der Waals surface area contributed by atoms with Crippen molar-refractivity contribution in [3.63, 3.8) is 0 Å². The molecule has 1 aromatic heterocycles. The van der Waals surface area contributed by atoms with Gasteiger partial charge in [0.05, 0.1) is 17.8 Å². The Bertz CT molecular complexity index is 740. The summed E-state index contributed by atoms with van der Waals surface area (Å²) >= 11 is 5.82. The van der Waals surface area contributed by atoms with Gasteiger partial charge in [0.25, 0.3) is 0 Å². The van der Waals surface area contributed by atoms with Gasteiger partial charge in [-0.15, -0.1) is 0 Å². The van der Waals surface area contributed by atoms with Crippen molar-refractivity contribution in [1.82, 2.24) is 10.3 Å². The van der Waals surface area contributed by atoms with Crippen LogP contribution >= 0.6 is 11.6 Å². The van der Waals surface area contributed by atoms with Crippen LogP contribution in [0.15, 0.2) is 36.5 Å². The lowest BCUT2D eigenvalue weighted by Crippen LogP contribution is -2.35. The van der Waals surface area contributed by atoms with Gasteiger partial charge in [-0.2, -0.15) is 0 Å². The zero-order valence-corrected chi connectivity index (χ0v) is 12.9. The molecule has 1 heterocycles. The Balaban J connectivity index is 1.94. The lowest BCUT2D eigenvalue weighted by atomic mass is 10.2. The number of carbonyl (C=O) groups excluding carboxylic acids is 2. The number of amides is 2. The SMILES string of the molecule is COc1cc(CNC(=O)C(=O)Nc2cc(F)ccc2Cl)ccn1. The lowest BCUT2D eigenvalue weighted by Gasteiger charge is -2.08. The number of nitrogens with zero attached hydrogens (tertiary/aromatic N) is 1. The number of carbonyl (C=O) groups is 2. The fourth-order valence-electron chi connectivity index (χ4n) is 1.71. The Morgan fingerprint density at radius 1 is 1.26 bits per heavy atom. The second-order valence-electron chi connectivity index (χ2n) is 4.47. The molecule has 2 aromatic rings. The molecular weight excluding hydrogens is 325 g/mol. The summed E-state index contributed by atoms with van der Waals surface area (Å²) in [6.07, 6.45) is 1.52. The van der Waals surface area contributed by atoms with E-state index in [1.807, 2.05) is 0 Å². The number of anilines is 1. The van der Waals surface area contributed by atoms with Crippen LogP contribution < -0.4 is 15.4 Å². The van der Waals surface area contributed by atoms with E-state index >= 15 is 0 Å². The molecule has 6 nitrogen and oxygen atoms in total. The van der Waals surface area contributed by atoms with Crippen LogP contribution in [0.3, 0.4) is 0 Å². The molecule has 8 heteroatoms. The number of rotatable bonds is 4. The number of aromatic nitrogens is 1. The first kappa shape index (κ1) is 16.7. The minimum absolute atomic E-state index is 0.0254. The molecule has 0 atom stereocenters. The average molecular weight is 338 g/mol. The van der Waals surface area contributed by atoms with E-state index < -0.39 is 17.6 Å². The largest absolute Gasteiger partial charge is 0.481 e. The van der Waals surface area contributed by atoms with Crippen molar-refractivity contribution in [1.29, 1.82) is 0 Å². The third kappa shape index (κ3) is 4.65. The lowest BCUT2D eigenvalue weighted by molar-refractivity contribution is -0.136. The maximum absolute atomic E-state index is 13.1. The van der Waals surface area contributed by atoms with E-state index in [4.69, 9.17) is 16.3 Å². The van der Waals surface area contributed by atoms with E-state index in [0.717, 1.165) is 12.1 Å². The van der Waals surface area contributed by atoms with Crippen LogP contribution in [0.2, 0.25) is 5.02 Å². The van der Waals surface area contributed by atoms with E-state index in [-0.39, 0.29) is 17.3 Å². The van der Waals surface area contributed by atoms with Gasteiger partial charge in [-0.1, -0.05) is 11.6 Å². The van der Waals surface area contributed by atoms with Crippen LogP contribution in [0.5, 0.6) is 5.88 Å². The number of pyridine rings is 1. The third-order valence-corrected chi connectivity index (χ3v) is 3.17. The van der Waals surface area contributed by atoms with Crippen LogP contribution in [-0.2, 0) is 16.1 Å². The number of nitrogens with one attached hydrogen (secondary N) is 2. The highest BCUT2D eigenvalue weighted by atomic mass is 35.5. The number of hydrogen-bond donors (Lipinski definition) is 2. The van der Waals surface area contributed by atoms with E-state index in [1.165, 1.54) is 19.4 Å². The van der Waals surface area contributed by atoms with Gasteiger partial charge in [0.1, 0.15) is 5.82 Å². The van der Waals surface area contributed by atoms with Gasteiger partial charge in [-0.25, -0.2) is 9.37 Å². The summed E-state index contributed by atoms with van der Waals surface area (Å²) in [4.78, 5) is 27.5. The van der Waals surface area contributed by atoms with Gasteiger partial charge in [-0.3, -0.25) is 9.59 Å². The van der Waals surface area contributed by atoms with E-state index in [2.05, 4.69) is 15.6 Å². The second kappa shape index (κ2) is 7.55. The molecule has 0 saturated carbocycles. The summed E-state index contributed by atoms with van der Waals surface area (Å²) in [5, 5.41) is 4.81. The Morgan fingerprint density at radius 3 is 2.78 bits per heavy atom. The Morgan fingerprint density at radius 2 is 2.04 bits per heavy atom. The first-order valence-corrected chi connectivity index (χ1v) is 6.90. The molecule has 0 unspecified atom stereocenters. The van der Waals surface area contributed by atoms with Gasteiger partial charge in [0.15, 0.2) is 0 Å². The standard InChI is InChI=1S/C15H13ClFN3O3/c1-23-13-6-9(4-5-18-13)8-19-14(21)15(22)20-12-7-10(17)2-3-11(12)16/h2-7H,8H2,1H3,(H,19,21)(H,20,22). The van der Waals surface area contributed by atoms with E-state index in [1.54, 1.807) is 12.1 Å². The molecule has 0 aliphatic carbocycles. The van der Waals surface area contributed by atoms with Crippen LogP contribution in [-0.4, -0.2) is 23.9 Å². The molecule has 0 radical (unpaired) electrons. The number of halogens is 2. The first-order valence-electron chi connectivity index (χ1n) is 6.52. The zero-order chi connectivity index (χ0) is 16.8. The number of benzene rings is 1. The maximum atomic E-state index is 13.1. The molecule has 2 N–H and O–H groups in total. The summed E-state index contributed by atoms with van der Waals surface area (Å²) in [5.74, 6) is -2.00. The molecule has 0 fully saturated rings. The molecule has 0 spiro atoms.